The molecule has 1 amide bonds. The van der Waals surface area contributed by atoms with Gasteiger partial charge in [-0.2, -0.15) is 0 Å². The van der Waals surface area contributed by atoms with Crippen molar-refractivity contribution < 1.29 is 14.3 Å². The molecule has 0 heterocycles. The molecule has 3 aromatic carbocycles. The molecule has 0 bridgehead atoms. The second kappa shape index (κ2) is 11.1. The number of carbonyl (C=O) groups excluding carboxylic acids is 1. The second-order valence-electron chi connectivity index (χ2n) is 7.34. The Balaban J connectivity index is 1.66. The molecule has 7 heteroatoms. The fraction of sp³-hybridized carbons (Fsp3) is 0.240. The van der Waals surface area contributed by atoms with Crippen LogP contribution in [0.5, 0.6) is 11.5 Å². The summed E-state index contributed by atoms with van der Waals surface area (Å²) >= 11 is 12.7. The van der Waals surface area contributed by atoms with Gasteiger partial charge < -0.3 is 20.1 Å². The Labute approximate surface area is 198 Å². The molecule has 0 aliphatic rings. The Morgan fingerprint density at radius 1 is 0.875 bits per heavy atom. The van der Waals surface area contributed by atoms with Crippen LogP contribution in [0.1, 0.15) is 23.6 Å². The molecule has 3 rings (SSSR count). The van der Waals surface area contributed by atoms with E-state index in [2.05, 4.69) is 10.6 Å². The van der Waals surface area contributed by atoms with Crippen LogP contribution in [0.3, 0.4) is 0 Å². The van der Waals surface area contributed by atoms with Gasteiger partial charge in [0.25, 0.3) is 5.91 Å². The topological polar surface area (TPSA) is 59.6 Å². The summed E-state index contributed by atoms with van der Waals surface area (Å²) < 4.78 is 11.4. The minimum absolute atomic E-state index is 0.163. The Morgan fingerprint density at radius 2 is 1.56 bits per heavy atom. The average Bonchev–Trinajstić information content (AvgIpc) is 2.77. The van der Waals surface area contributed by atoms with Gasteiger partial charge in [0, 0.05) is 34.0 Å². The van der Waals surface area contributed by atoms with E-state index in [-0.39, 0.29) is 12.5 Å². The van der Waals surface area contributed by atoms with Crippen molar-refractivity contribution in [2.75, 3.05) is 23.8 Å². The van der Waals surface area contributed by atoms with Crippen molar-refractivity contribution in [2.45, 2.75) is 27.3 Å². The van der Waals surface area contributed by atoms with Gasteiger partial charge in [-0.15, -0.1) is 0 Å². The van der Waals surface area contributed by atoms with Crippen LogP contribution in [-0.4, -0.2) is 19.1 Å². The highest BCUT2D eigenvalue weighted by molar-refractivity contribution is 6.32. The third kappa shape index (κ3) is 6.55. The average molecular weight is 473 g/mol. The first-order valence-corrected chi connectivity index (χ1v) is 11.1. The van der Waals surface area contributed by atoms with Crippen LogP contribution in [0.4, 0.5) is 11.4 Å². The lowest BCUT2D eigenvalue weighted by molar-refractivity contribution is -0.118. The lowest BCUT2D eigenvalue weighted by Gasteiger charge is -2.16. The molecule has 2 N–H and O–H groups in total. The van der Waals surface area contributed by atoms with E-state index in [0.29, 0.717) is 40.4 Å². The fourth-order valence-electron chi connectivity index (χ4n) is 2.97. The maximum atomic E-state index is 12.3. The largest absolute Gasteiger partial charge is 0.490 e. The van der Waals surface area contributed by atoms with Gasteiger partial charge in [-0.3, -0.25) is 4.79 Å². The monoisotopic (exact) mass is 472 g/mol. The highest BCUT2D eigenvalue weighted by Gasteiger charge is 2.13. The molecule has 0 atom stereocenters. The van der Waals surface area contributed by atoms with Gasteiger partial charge in [-0.25, -0.2) is 0 Å². The van der Waals surface area contributed by atoms with Gasteiger partial charge in [0.1, 0.15) is 0 Å². The highest BCUT2D eigenvalue weighted by Crippen LogP contribution is 2.34. The molecule has 0 unspecified atom stereocenters. The number of anilines is 2. The zero-order valence-electron chi connectivity index (χ0n) is 18.3. The molecule has 0 fully saturated rings. The van der Waals surface area contributed by atoms with Crippen LogP contribution >= 0.6 is 23.2 Å². The summed E-state index contributed by atoms with van der Waals surface area (Å²) in [7, 11) is 0. The Kier molecular flexibility index (Phi) is 8.26. The van der Waals surface area contributed by atoms with Crippen molar-refractivity contribution in [1.82, 2.24) is 0 Å². The van der Waals surface area contributed by atoms with Gasteiger partial charge in [0.2, 0.25) is 0 Å². The third-order valence-corrected chi connectivity index (χ3v) is 5.52. The quantitative estimate of drug-likeness (QED) is 0.366. The normalized spacial score (nSPS) is 10.5. The molecular weight excluding hydrogens is 447 g/mol. The standard InChI is InChI=1S/C25H26Cl2N2O3/c1-4-31-23-11-18(14-28-20-10-7-17(3)21(26)12-20)22(27)13-24(23)32-15-25(30)29-19-8-5-16(2)6-9-19/h5-13,28H,4,14-15H2,1-3H3,(H,29,30). The van der Waals surface area contributed by atoms with E-state index >= 15 is 0 Å². The minimum Gasteiger partial charge on any atom is -0.490 e. The van der Waals surface area contributed by atoms with E-state index in [9.17, 15) is 4.79 Å². The van der Waals surface area contributed by atoms with Crippen molar-refractivity contribution in [3.05, 3.63) is 81.3 Å². The molecule has 0 aromatic heterocycles. The van der Waals surface area contributed by atoms with E-state index in [0.717, 1.165) is 22.4 Å². The van der Waals surface area contributed by atoms with Gasteiger partial charge in [0.05, 0.1) is 6.61 Å². The number of nitrogens with one attached hydrogen (secondary N) is 2. The summed E-state index contributed by atoms with van der Waals surface area (Å²) in [5.41, 5.74) is 4.58. The number of hydrogen-bond donors (Lipinski definition) is 2. The molecule has 0 radical (unpaired) electrons. The summed E-state index contributed by atoms with van der Waals surface area (Å²) in [5.74, 6) is 0.672. The molecule has 5 nitrogen and oxygen atoms in total. The summed E-state index contributed by atoms with van der Waals surface area (Å²) in [6.45, 7) is 6.60. The first kappa shape index (κ1) is 23.8. The molecule has 32 heavy (non-hydrogen) atoms. The van der Waals surface area contributed by atoms with Crippen LogP contribution in [-0.2, 0) is 11.3 Å². The van der Waals surface area contributed by atoms with Gasteiger partial charge in [-0.1, -0.05) is 47.0 Å². The van der Waals surface area contributed by atoms with Crippen LogP contribution in [0.25, 0.3) is 0 Å². The molecule has 3 aromatic rings. The number of aryl methyl sites for hydroxylation is 2. The summed E-state index contributed by atoms with van der Waals surface area (Å²) in [5, 5.41) is 7.32. The molecule has 0 aliphatic heterocycles. The highest BCUT2D eigenvalue weighted by atomic mass is 35.5. The minimum atomic E-state index is -0.269. The zero-order chi connectivity index (χ0) is 23.1. The smallest absolute Gasteiger partial charge is 0.262 e. The number of hydrogen-bond acceptors (Lipinski definition) is 4. The molecule has 0 saturated heterocycles. The molecule has 168 valence electrons. The van der Waals surface area contributed by atoms with E-state index in [1.807, 2.05) is 69.3 Å². The number of rotatable bonds is 9. The lowest BCUT2D eigenvalue weighted by atomic mass is 10.1. The number of benzene rings is 3. The molecular formula is C25H26Cl2N2O3. The van der Waals surface area contributed by atoms with Gasteiger partial charge in [0.15, 0.2) is 18.1 Å². The SMILES string of the molecule is CCOc1cc(CNc2ccc(C)c(Cl)c2)c(Cl)cc1OCC(=O)Nc1ccc(C)cc1. The Hall–Kier alpha value is -2.89. The van der Waals surface area contributed by atoms with E-state index < -0.39 is 0 Å². The van der Waals surface area contributed by atoms with Crippen molar-refractivity contribution in [2.24, 2.45) is 0 Å². The first-order valence-electron chi connectivity index (χ1n) is 10.3. The number of halogens is 2. The maximum absolute atomic E-state index is 12.3. The zero-order valence-corrected chi connectivity index (χ0v) is 19.8. The number of ether oxygens (including phenoxy) is 2. The fourth-order valence-corrected chi connectivity index (χ4v) is 3.37. The van der Waals surface area contributed by atoms with Crippen LogP contribution in [0.15, 0.2) is 54.6 Å². The van der Waals surface area contributed by atoms with E-state index in [1.165, 1.54) is 0 Å². The lowest BCUT2D eigenvalue weighted by Crippen LogP contribution is -2.20. The molecule has 0 spiro atoms. The summed E-state index contributed by atoms with van der Waals surface area (Å²) in [6, 6.07) is 16.8. The van der Waals surface area contributed by atoms with Crippen molar-refractivity contribution in [1.29, 1.82) is 0 Å². The van der Waals surface area contributed by atoms with Gasteiger partial charge >= 0.3 is 0 Å². The van der Waals surface area contributed by atoms with E-state index in [4.69, 9.17) is 32.7 Å². The van der Waals surface area contributed by atoms with Crippen LogP contribution in [0.2, 0.25) is 10.0 Å². The van der Waals surface area contributed by atoms with Crippen LogP contribution < -0.4 is 20.1 Å². The van der Waals surface area contributed by atoms with Crippen molar-refractivity contribution in [3.8, 4) is 11.5 Å². The second-order valence-corrected chi connectivity index (χ2v) is 8.16. The predicted octanol–water partition coefficient (Wildman–Crippen LogP) is 6.64. The van der Waals surface area contributed by atoms with Crippen LogP contribution in [0, 0.1) is 13.8 Å². The van der Waals surface area contributed by atoms with Crippen molar-refractivity contribution in [3.63, 3.8) is 0 Å². The first-order chi connectivity index (χ1) is 15.4. The molecule has 0 aliphatic carbocycles. The molecule has 0 saturated carbocycles. The van der Waals surface area contributed by atoms with E-state index in [1.54, 1.807) is 6.07 Å². The third-order valence-electron chi connectivity index (χ3n) is 4.76. The number of amides is 1. The summed E-state index contributed by atoms with van der Waals surface area (Å²) in [4.78, 5) is 12.3. The predicted molar refractivity (Wildman–Crippen MR) is 131 cm³/mol. The Bertz CT molecular complexity index is 1090. The van der Waals surface area contributed by atoms with Crippen molar-refractivity contribution >= 4 is 40.5 Å². The number of carbonyl (C=O) groups is 1. The summed E-state index contributed by atoms with van der Waals surface area (Å²) in [6.07, 6.45) is 0. The maximum Gasteiger partial charge on any atom is 0.262 e. The van der Waals surface area contributed by atoms with Gasteiger partial charge in [-0.05, 0) is 62.2 Å². The Morgan fingerprint density at radius 3 is 2.25 bits per heavy atom.